The van der Waals surface area contributed by atoms with Crippen LogP contribution in [0.3, 0.4) is 0 Å². The number of amides is 3. The Bertz CT molecular complexity index is 818. The molecule has 30 heavy (non-hydrogen) atoms. The molecule has 0 bridgehead atoms. The summed E-state index contributed by atoms with van der Waals surface area (Å²) in [6.07, 6.45) is 0. The first-order valence-electron chi connectivity index (χ1n) is 10.3. The van der Waals surface area contributed by atoms with Gasteiger partial charge in [-0.3, -0.25) is 9.69 Å². The smallest absolute Gasteiger partial charge is 0.319 e. The van der Waals surface area contributed by atoms with E-state index in [2.05, 4.69) is 20.9 Å². The summed E-state index contributed by atoms with van der Waals surface area (Å²) in [6, 6.07) is 15.9. The van der Waals surface area contributed by atoms with Crippen molar-refractivity contribution in [1.82, 2.24) is 10.2 Å². The predicted octanol–water partition coefficient (Wildman–Crippen LogP) is 3.30. The van der Waals surface area contributed by atoms with Gasteiger partial charge in [0.2, 0.25) is 5.91 Å². The number of rotatable bonds is 7. The van der Waals surface area contributed by atoms with Crippen LogP contribution < -0.4 is 16.0 Å². The third kappa shape index (κ3) is 6.57. The van der Waals surface area contributed by atoms with Crippen LogP contribution in [0.1, 0.15) is 19.4 Å². The van der Waals surface area contributed by atoms with Gasteiger partial charge in [-0.25, -0.2) is 4.79 Å². The lowest BCUT2D eigenvalue weighted by molar-refractivity contribution is -0.118. The summed E-state index contributed by atoms with van der Waals surface area (Å²) in [5, 5.41) is 8.43. The van der Waals surface area contributed by atoms with Crippen molar-refractivity contribution in [2.75, 3.05) is 36.9 Å². The Hall–Kier alpha value is -2.90. The number of hydrogen-bond acceptors (Lipinski definition) is 4. The quantitative estimate of drug-likeness (QED) is 0.654. The number of urea groups is 1. The molecule has 0 radical (unpaired) electrons. The molecule has 3 amide bonds. The average Bonchev–Trinajstić information content (AvgIpc) is 2.74. The molecule has 1 saturated heterocycles. The second-order valence-electron chi connectivity index (χ2n) is 7.76. The fourth-order valence-electron chi connectivity index (χ4n) is 3.30. The summed E-state index contributed by atoms with van der Waals surface area (Å²) in [5.74, 6) is -0.304. The van der Waals surface area contributed by atoms with Gasteiger partial charge in [-0.15, -0.1) is 0 Å². The van der Waals surface area contributed by atoms with Gasteiger partial charge in [0.25, 0.3) is 0 Å². The highest BCUT2D eigenvalue weighted by molar-refractivity contribution is 5.99. The second-order valence-corrected chi connectivity index (χ2v) is 7.76. The molecular weight excluding hydrogens is 380 g/mol. The van der Waals surface area contributed by atoms with Gasteiger partial charge in [-0.2, -0.15) is 0 Å². The van der Waals surface area contributed by atoms with Crippen molar-refractivity contribution < 1.29 is 14.3 Å². The first-order chi connectivity index (χ1) is 14.5. The van der Waals surface area contributed by atoms with Crippen LogP contribution in [0.5, 0.6) is 0 Å². The summed E-state index contributed by atoms with van der Waals surface area (Å²) in [6.45, 7) is 8.09. The number of ether oxygens (including phenoxy) is 1. The fourth-order valence-corrected chi connectivity index (χ4v) is 3.30. The molecule has 3 N–H and O–H groups in total. The van der Waals surface area contributed by atoms with E-state index in [1.807, 2.05) is 56.3 Å². The minimum Gasteiger partial charge on any atom is -0.379 e. The summed E-state index contributed by atoms with van der Waals surface area (Å²) < 4.78 is 5.38. The number of benzene rings is 2. The molecule has 0 saturated carbocycles. The molecular formula is C23H30N4O3. The van der Waals surface area contributed by atoms with E-state index in [9.17, 15) is 9.59 Å². The average molecular weight is 411 g/mol. The maximum Gasteiger partial charge on any atom is 0.319 e. The Morgan fingerprint density at radius 3 is 2.20 bits per heavy atom. The van der Waals surface area contributed by atoms with Crippen LogP contribution in [0.25, 0.3) is 0 Å². The molecule has 1 aliphatic rings. The van der Waals surface area contributed by atoms with E-state index in [0.29, 0.717) is 11.4 Å². The normalized spacial score (nSPS) is 15.4. The van der Waals surface area contributed by atoms with Gasteiger partial charge in [0.15, 0.2) is 0 Å². The van der Waals surface area contributed by atoms with Gasteiger partial charge in [0.05, 0.1) is 13.2 Å². The first kappa shape index (κ1) is 21.8. The highest BCUT2D eigenvalue weighted by Gasteiger charge is 2.24. The third-order valence-corrected chi connectivity index (χ3v) is 5.00. The maximum atomic E-state index is 12.8. The number of para-hydroxylation sites is 1. The van der Waals surface area contributed by atoms with Crippen molar-refractivity contribution in [3.63, 3.8) is 0 Å². The monoisotopic (exact) mass is 410 g/mol. The van der Waals surface area contributed by atoms with Gasteiger partial charge >= 0.3 is 6.03 Å². The van der Waals surface area contributed by atoms with Gasteiger partial charge < -0.3 is 20.7 Å². The number of hydrogen-bond donors (Lipinski definition) is 3. The Morgan fingerprint density at radius 2 is 1.57 bits per heavy atom. The Morgan fingerprint density at radius 1 is 0.933 bits per heavy atom. The van der Waals surface area contributed by atoms with E-state index in [0.717, 1.165) is 32.8 Å². The van der Waals surface area contributed by atoms with Crippen molar-refractivity contribution in [2.24, 2.45) is 5.92 Å². The zero-order valence-corrected chi connectivity index (χ0v) is 17.6. The molecule has 2 aromatic rings. The van der Waals surface area contributed by atoms with Crippen LogP contribution in [-0.4, -0.2) is 49.2 Å². The fraction of sp³-hybridized carbons (Fsp3) is 0.391. The molecule has 1 heterocycles. The van der Waals surface area contributed by atoms with E-state index >= 15 is 0 Å². The van der Waals surface area contributed by atoms with Crippen molar-refractivity contribution in [3.05, 3.63) is 60.2 Å². The number of carbonyl (C=O) groups is 2. The number of morpholine rings is 1. The maximum absolute atomic E-state index is 12.8. The molecule has 2 aromatic carbocycles. The van der Waals surface area contributed by atoms with Crippen LogP contribution in [0.4, 0.5) is 16.2 Å². The van der Waals surface area contributed by atoms with Gasteiger partial charge in [0.1, 0.15) is 6.04 Å². The minimum atomic E-state index is -0.651. The van der Waals surface area contributed by atoms with E-state index in [1.54, 1.807) is 12.1 Å². The van der Waals surface area contributed by atoms with E-state index in [4.69, 9.17) is 4.74 Å². The molecule has 0 aliphatic carbocycles. The standard InChI is InChI=1S/C23H30N4O3/c1-17(2)21(26-23(29)25-19-6-4-3-5-7-19)22(28)24-20-10-8-18(9-11-20)16-27-12-14-30-15-13-27/h3-11,17,21H,12-16H2,1-2H3,(H,24,28)(H2,25,26,29). The molecule has 160 valence electrons. The lowest BCUT2D eigenvalue weighted by Crippen LogP contribution is -2.48. The number of nitrogens with one attached hydrogen (secondary N) is 3. The lowest BCUT2D eigenvalue weighted by Gasteiger charge is -2.26. The summed E-state index contributed by atoms with van der Waals surface area (Å²) in [4.78, 5) is 27.4. The molecule has 7 nitrogen and oxygen atoms in total. The van der Waals surface area contributed by atoms with E-state index in [-0.39, 0.29) is 11.8 Å². The summed E-state index contributed by atoms with van der Waals surface area (Å²) >= 11 is 0. The van der Waals surface area contributed by atoms with E-state index in [1.165, 1.54) is 5.56 Å². The SMILES string of the molecule is CC(C)C(NC(=O)Nc1ccccc1)C(=O)Nc1ccc(CN2CCOCC2)cc1. The predicted molar refractivity (Wildman–Crippen MR) is 118 cm³/mol. The molecule has 0 spiro atoms. The van der Waals surface area contributed by atoms with Gasteiger partial charge in [-0.05, 0) is 35.7 Å². The van der Waals surface area contributed by atoms with Gasteiger partial charge in [-0.1, -0.05) is 44.2 Å². The minimum absolute atomic E-state index is 0.0629. The van der Waals surface area contributed by atoms with Gasteiger partial charge in [0, 0.05) is 31.0 Å². The molecule has 1 atom stereocenters. The van der Waals surface area contributed by atoms with Crippen LogP contribution in [-0.2, 0) is 16.1 Å². The van der Waals surface area contributed by atoms with Crippen LogP contribution in [0, 0.1) is 5.92 Å². The summed E-state index contributed by atoms with van der Waals surface area (Å²) in [5.41, 5.74) is 2.58. The van der Waals surface area contributed by atoms with Crippen LogP contribution in [0.15, 0.2) is 54.6 Å². The van der Waals surface area contributed by atoms with Crippen molar-refractivity contribution in [2.45, 2.75) is 26.4 Å². The topological polar surface area (TPSA) is 82.7 Å². The Labute approximate surface area is 177 Å². The zero-order chi connectivity index (χ0) is 21.3. The molecule has 1 fully saturated rings. The van der Waals surface area contributed by atoms with E-state index < -0.39 is 12.1 Å². The van der Waals surface area contributed by atoms with Crippen molar-refractivity contribution in [3.8, 4) is 0 Å². The molecule has 7 heteroatoms. The highest BCUT2D eigenvalue weighted by atomic mass is 16.5. The van der Waals surface area contributed by atoms with Crippen LogP contribution in [0.2, 0.25) is 0 Å². The van der Waals surface area contributed by atoms with Crippen molar-refractivity contribution >= 4 is 23.3 Å². The number of carbonyl (C=O) groups excluding carboxylic acids is 2. The highest BCUT2D eigenvalue weighted by Crippen LogP contribution is 2.14. The first-order valence-corrected chi connectivity index (χ1v) is 10.3. The summed E-state index contributed by atoms with van der Waals surface area (Å²) in [7, 11) is 0. The molecule has 1 aliphatic heterocycles. The molecule has 1 unspecified atom stereocenters. The number of anilines is 2. The third-order valence-electron chi connectivity index (χ3n) is 5.00. The second kappa shape index (κ2) is 10.8. The Balaban J connectivity index is 1.54. The van der Waals surface area contributed by atoms with Crippen molar-refractivity contribution in [1.29, 1.82) is 0 Å². The lowest BCUT2D eigenvalue weighted by atomic mass is 10.0. The van der Waals surface area contributed by atoms with Crippen LogP contribution >= 0.6 is 0 Å². The molecule has 0 aromatic heterocycles. The number of nitrogens with zero attached hydrogens (tertiary/aromatic N) is 1. The molecule has 3 rings (SSSR count). The zero-order valence-electron chi connectivity index (χ0n) is 17.6. The largest absolute Gasteiger partial charge is 0.379 e. The Kier molecular flexibility index (Phi) is 7.82.